The fourth-order valence-corrected chi connectivity index (χ4v) is 4.15. The number of hydrogen-bond donors (Lipinski definition) is 0. The van der Waals surface area contributed by atoms with Crippen LogP contribution in [0.3, 0.4) is 0 Å². The minimum Gasteiger partial charge on any atom is -0.298 e. The van der Waals surface area contributed by atoms with Crippen LogP contribution in [0.2, 0.25) is 0 Å². The first-order valence-electron chi connectivity index (χ1n) is 6.66. The van der Waals surface area contributed by atoms with Gasteiger partial charge < -0.3 is 0 Å². The summed E-state index contributed by atoms with van der Waals surface area (Å²) < 4.78 is 41.6. The molecule has 0 amide bonds. The van der Waals surface area contributed by atoms with Gasteiger partial charge in [-0.3, -0.25) is 4.79 Å². The summed E-state index contributed by atoms with van der Waals surface area (Å²) >= 11 is 1.11. The average molecular weight is 280 g/mol. The first-order chi connectivity index (χ1) is 8.45. The zero-order chi connectivity index (χ0) is 13.2. The molecule has 104 valence electrons. The molecule has 0 aliphatic heterocycles. The van der Waals surface area contributed by atoms with Crippen LogP contribution in [-0.4, -0.2) is 28.4 Å². The van der Waals surface area contributed by atoms with Crippen molar-refractivity contribution >= 4 is 17.5 Å². The third kappa shape index (κ3) is 2.86. The largest absolute Gasteiger partial charge is 0.298 e. The fraction of sp³-hybridized carbons (Fsp3) is 0.923. The molecule has 2 unspecified atom stereocenters. The summed E-state index contributed by atoms with van der Waals surface area (Å²) in [6, 6.07) is 0. The molecule has 0 radical (unpaired) electrons. The van der Waals surface area contributed by atoms with Gasteiger partial charge in [0, 0.05) is 18.6 Å². The molecule has 1 nitrogen and oxygen atoms in total. The Bertz CT molecular complexity index is 321. The Hall–Kier alpha value is -0.190. The number of alkyl halides is 3. The number of carbonyl (C=O) groups excluding carboxylic acids is 1. The lowest BCUT2D eigenvalue weighted by atomic mass is 9.84. The Labute approximate surface area is 110 Å². The molecule has 2 fully saturated rings. The van der Waals surface area contributed by atoms with E-state index in [0.29, 0.717) is 25.7 Å². The Kier molecular flexibility index (Phi) is 4.29. The number of rotatable bonds is 3. The van der Waals surface area contributed by atoms with Gasteiger partial charge in [-0.25, -0.2) is 13.2 Å². The van der Waals surface area contributed by atoms with Gasteiger partial charge in [-0.1, -0.05) is 6.42 Å². The normalized spacial score (nSPS) is 36.6. The first-order valence-corrected chi connectivity index (χ1v) is 7.71. The summed E-state index contributed by atoms with van der Waals surface area (Å²) in [4.78, 5) is 11.6. The third-order valence-electron chi connectivity index (χ3n) is 3.98. The minimum absolute atomic E-state index is 0.0755. The standard InChI is InChI=1S/C13H19F3OS/c14-12(7-3-4-8-13(12,15)16)9-18-11-6-2-1-5-10(11)17/h11H,1-9H2. The second-order valence-corrected chi connectivity index (χ2v) is 6.58. The summed E-state index contributed by atoms with van der Waals surface area (Å²) in [7, 11) is 0. The number of ketones is 1. The molecule has 5 heteroatoms. The predicted molar refractivity (Wildman–Crippen MR) is 67.0 cm³/mol. The summed E-state index contributed by atoms with van der Waals surface area (Å²) in [5.41, 5.74) is -2.41. The van der Waals surface area contributed by atoms with E-state index in [1.807, 2.05) is 0 Å². The third-order valence-corrected chi connectivity index (χ3v) is 5.51. The van der Waals surface area contributed by atoms with E-state index < -0.39 is 11.6 Å². The highest BCUT2D eigenvalue weighted by Crippen LogP contribution is 2.47. The van der Waals surface area contributed by atoms with Crippen LogP contribution < -0.4 is 0 Å². The Morgan fingerprint density at radius 1 is 1.11 bits per heavy atom. The Balaban J connectivity index is 1.93. The highest BCUT2D eigenvalue weighted by atomic mass is 32.2. The predicted octanol–water partition coefficient (Wildman–Crippen LogP) is 4.15. The summed E-state index contributed by atoms with van der Waals surface area (Å²) in [5, 5.41) is -0.260. The van der Waals surface area contributed by atoms with Crippen LogP contribution in [0, 0.1) is 0 Å². The lowest BCUT2D eigenvalue weighted by Crippen LogP contribution is -2.49. The molecule has 2 aliphatic carbocycles. The summed E-state index contributed by atoms with van der Waals surface area (Å²) in [6.45, 7) is 0. The fourth-order valence-electron chi connectivity index (χ4n) is 2.70. The maximum Gasteiger partial charge on any atom is 0.282 e. The first kappa shape index (κ1) is 14.2. The van der Waals surface area contributed by atoms with Crippen molar-refractivity contribution in [2.45, 2.75) is 68.2 Å². The lowest BCUT2D eigenvalue weighted by molar-refractivity contribution is -0.150. The number of Topliss-reactive ketones (excluding diaryl/α,β-unsaturated/α-hetero) is 1. The molecule has 0 bridgehead atoms. The van der Waals surface area contributed by atoms with Crippen LogP contribution in [0.25, 0.3) is 0 Å². The van der Waals surface area contributed by atoms with Crippen molar-refractivity contribution < 1.29 is 18.0 Å². The highest BCUT2D eigenvalue weighted by Gasteiger charge is 2.55. The topological polar surface area (TPSA) is 17.1 Å². The smallest absolute Gasteiger partial charge is 0.282 e. The van der Waals surface area contributed by atoms with Crippen molar-refractivity contribution in [3.63, 3.8) is 0 Å². The molecule has 0 aromatic heterocycles. The molecule has 0 N–H and O–H groups in total. The van der Waals surface area contributed by atoms with Crippen LogP contribution in [-0.2, 0) is 4.79 Å². The van der Waals surface area contributed by atoms with Crippen molar-refractivity contribution in [2.24, 2.45) is 0 Å². The van der Waals surface area contributed by atoms with Crippen LogP contribution in [0.1, 0.15) is 51.4 Å². The molecule has 2 aliphatic rings. The van der Waals surface area contributed by atoms with Gasteiger partial charge in [0.15, 0.2) is 5.67 Å². The summed E-state index contributed by atoms with van der Waals surface area (Å²) in [5.74, 6) is -3.36. The Morgan fingerprint density at radius 3 is 2.50 bits per heavy atom. The van der Waals surface area contributed by atoms with Gasteiger partial charge in [0.1, 0.15) is 5.78 Å². The molecule has 0 spiro atoms. The zero-order valence-electron chi connectivity index (χ0n) is 10.4. The van der Waals surface area contributed by atoms with E-state index in [9.17, 15) is 18.0 Å². The van der Waals surface area contributed by atoms with Gasteiger partial charge in [-0.15, -0.1) is 11.8 Å². The number of carbonyl (C=O) groups is 1. The maximum absolute atomic E-state index is 14.4. The molecular formula is C13H19F3OS. The maximum atomic E-state index is 14.4. The lowest BCUT2D eigenvalue weighted by Gasteiger charge is -2.38. The molecule has 0 saturated heterocycles. The number of halogens is 3. The SMILES string of the molecule is O=C1CCCCC1SCC1(F)CCCCC1(F)F. The average Bonchev–Trinajstić information content (AvgIpc) is 2.32. The van der Waals surface area contributed by atoms with Crippen molar-refractivity contribution in [3.05, 3.63) is 0 Å². The zero-order valence-corrected chi connectivity index (χ0v) is 11.2. The van der Waals surface area contributed by atoms with Gasteiger partial charge in [0.2, 0.25) is 0 Å². The van der Waals surface area contributed by atoms with Crippen LogP contribution in [0.5, 0.6) is 0 Å². The minimum atomic E-state index is -3.23. The van der Waals surface area contributed by atoms with E-state index in [4.69, 9.17) is 0 Å². The van der Waals surface area contributed by atoms with Gasteiger partial charge in [-0.2, -0.15) is 0 Å². The van der Waals surface area contributed by atoms with E-state index in [1.54, 1.807) is 0 Å². The van der Waals surface area contributed by atoms with Gasteiger partial charge in [0.25, 0.3) is 5.92 Å². The van der Waals surface area contributed by atoms with Crippen molar-refractivity contribution in [3.8, 4) is 0 Å². The van der Waals surface area contributed by atoms with Crippen LogP contribution in [0.15, 0.2) is 0 Å². The highest BCUT2D eigenvalue weighted by molar-refractivity contribution is 8.00. The van der Waals surface area contributed by atoms with E-state index in [1.165, 1.54) is 0 Å². The number of thioether (sulfide) groups is 1. The van der Waals surface area contributed by atoms with Crippen molar-refractivity contribution in [2.75, 3.05) is 5.75 Å². The second-order valence-electron chi connectivity index (χ2n) is 5.39. The molecular weight excluding hydrogens is 261 g/mol. The van der Waals surface area contributed by atoms with E-state index in [0.717, 1.165) is 24.6 Å². The second kappa shape index (κ2) is 5.43. The van der Waals surface area contributed by atoms with Gasteiger partial charge >= 0.3 is 0 Å². The monoisotopic (exact) mass is 280 g/mol. The molecule has 18 heavy (non-hydrogen) atoms. The molecule has 0 heterocycles. The molecule has 2 rings (SSSR count). The van der Waals surface area contributed by atoms with Gasteiger partial charge in [0.05, 0.1) is 5.25 Å². The van der Waals surface area contributed by atoms with Gasteiger partial charge in [-0.05, 0) is 32.1 Å². The van der Waals surface area contributed by atoms with Crippen molar-refractivity contribution in [1.82, 2.24) is 0 Å². The molecule has 0 aromatic rings. The number of hydrogen-bond acceptors (Lipinski definition) is 2. The van der Waals surface area contributed by atoms with E-state index in [-0.39, 0.29) is 29.6 Å². The molecule has 0 aromatic carbocycles. The van der Waals surface area contributed by atoms with Crippen LogP contribution in [0.4, 0.5) is 13.2 Å². The van der Waals surface area contributed by atoms with Crippen molar-refractivity contribution in [1.29, 1.82) is 0 Å². The van der Waals surface area contributed by atoms with E-state index in [2.05, 4.69) is 0 Å². The summed E-state index contributed by atoms with van der Waals surface area (Å²) in [6.07, 6.45) is 3.54. The van der Waals surface area contributed by atoms with E-state index >= 15 is 0 Å². The van der Waals surface area contributed by atoms with Crippen LogP contribution >= 0.6 is 11.8 Å². The molecule has 2 atom stereocenters. The molecule has 2 saturated carbocycles. The quantitative estimate of drug-likeness (QED) is 0.772. The Morgan fingerprint density at radius 2 is 1.83 bits per heavy atom.